The van der Waals surface area contributed by atoms with Gasteiger partial charge < -0.3 is 19.4 Å². The van der Waals surface area contributed by atoms with Gasteiger partial charge in [0, 0.05) is 43.9 Å². The van der Waals surface area contributed by atoms with Crippen LogP contribution in [0.5, 0.6) is 5.75 Å². The summed E-state index contributed by atoms with van der Waals surface area (Å²) in [6.07, 6.45) is 0.762. The molecule has 9 heteroatoms. The molecule has 5 rings (SSSR count). The first-order valence-electron chi connectivity index (χ1n) is 13.6. The summed E-state index contributed by atoms with van der Waals surface area (Å²) in [6.45, 7) is 2.52. The average Bonchev–Trinajstić information content (AvgIpc) is 3.29. The first kappa shape index (κ1) is 27.8. The summed E-state index contributed by atoms with van der Waals surface area (Å²) in [7, 11) is 1.56. The van der Waals surface area contributed by atoms with Gasteiger partial charge in [-0.3, -0.25) is 9.59 Å². The first-order valence-corrected chi connectivity index (χ1v) is 13.6. The van der Waals surface area contributed by atoms with Crippen molar-refractivity contribution in [3.8, 4) is 17.0 Å². The number of carbonyl (C=O) groups is 2. The predicted molar refractivity (Wildman–Crippen MR) is 155 cm³/mol. The molecule has 1 saturated heterocycles. The number of aromatic nitrogens is 2. The van der Waals surface area contributed by atoms with Gasteiger partial charge in [0.05, 0.1) is 12.8 Å². The molecule has 0 atom stereocenters. The predicted octanol–water partition coefficient (Wildman–Crippen LogP) is 4.67. The first-order chi connectivity index (χ1) is 20.0. The standard InChI is InChI=1S/C32H32FN5O3/c1-41-28-14-10-26(11-15-28)32(40)38(22-24-8-12-27(33)13-9-24)23-31(39)37-19-5-18-36(20-21-37)30-17-16-29(34-35-30)25-6-3-2-4-7-25/h2-4,6-17H,5,18-23H2,1H3. The number of halogens is 1. The number of rotatable bonds is 8. The molecule has 1 aliphatic heterocycles. The molecule has 210 valence electrons. The largest absolute Gasteiger partial charge is 0.497 e. The Bertz CT molecular complexity index is 1450. The van der Waals surface area contributed by atoms with Gasteiger partial charge in [-0.1, -0.05) is 42.5 Å². The summed E-state index contributed by atoms with van der Waals surface area (Å²) in [4.78, 5) is 32.4. The lowest BCUT2D eigenvalue weighted by Crippen LogP contribution is -2.44. The van der Waals surface area contributed by atoms with E-state index in [1.165, 1.54) is 17.0 Å². The zero-order chi connectivity index (χ0) is 28.6. The van der Waals surface area contributed by atoms with E-state index in [4.69, 9.17) is 4.74 Å². The molecule has 0 saturated carbocycles. The van der Waals surface area contributed by atoms with Crippen LogP contribution in [0.2, 0.25) is 0 Å². The summed E-state index contributed by atoms with van der Waals surface area (Å²) in [6, 6.07) is 26.6. The lowest BCUT2D eigenvalue weighted by Gasteiger charge is -2.27. The van der Waals surface area contributed by atoms with Crippen LogP contribution in [-0.2, 0) is 11.3 Å². The fourth-order valence-corrected chi connectivity index (χ4v) is 4.84. The lowest BCUT2D eigenvalue weighted by molar-refractivity contribution is -0.131. The van der Waals surface area contributed by atoms with E-state index in [1.54, 1.807) is 48.4 Å². The van der Waals surface area contributed by atoms with Gasteiger partial charge in [-0.05, 0) is 60.5 Å². The summed E-state index contributed by atoms with van der Waals surface area (Å²) in [5.74, 6) is 0.631. The van der Waals surface area contributed by atoms with Crippen molar-refractivity contribution in [2.24, 2.45) is 0 Å². The Balaban J connectivity index is 1.25. The minimum Gasteiger partial charge on any atom is -0.497 e. The third-order valence-electron chi connectivity index (χ3n) is 7.13. The van der Waals surface area contributed by atoms with Crippen LogP contribution >= 0.6 is 0 Å². The van der Waals surface area contributed by atoms with Gasteiger partial charge >= 0.3 is 0 Å². The normalized spacial score (nSPS) is 13.4. The van der Waals surface area contributed by atoms with E-state index in [2.05, 4.69) is 15.1 Å². The molecule has 1 fully saturated rings. The van der Waals surface area contributed by atoms with Crippen molar-refractivity contribution in [1.82, 2.24) is 20.0 Å². The summed E-state index contributed by atoms with van der Waals surface area (Å²) in [5, 5.41) is 8.85. The van der Waals surface area contributed by atoms with Crippen LogP contribution in [0.15, 0.2) is 91.0 Å². The van der Waals surface area contributed by atoms with Crippen molar-refractivity contribution < 1.29 is 18.7 Å². The maximum absolute atomic E-state index is 13.5. The molecule has 0 N–H and O–H groups in total. The van der Waals surface area contributed by atoms with Crippen molar-refractivity contribution >= 4 is 17.6 Å². The number of ether oxygens (including phenoxy) is 1. The van der Waals surface area contributed by atoms with Gasteiger partial charge in [-0.25, -0.2) is 4.39 Å². The molecule has 1 aliphatic rings. The maximum atomic E-state index is 13.5. The number of benzene rings is 3. The minimum atomic E-state index is -0.355. The van der Waals surface area contributed by atoms with Crippen molar-refractivity contribution in [1.29, 1.82) is 0 Å². The molecule has 3 aromatic carbocycles. The molecule has 41 heavy (non-hydrogen) atoms. The topological polar surface area (TPSA) is 78.9 Å². The Morgan fingerprint density at radius 2 is 1.61 bits per heavy atom. The van der Waals surface area contributed by atoms with Crippen molar-refractivity contribution in [2.75, 3.05) is 44.7 Å². The zero-order valence-electron chi connectivity index (χ0n) is 22.9. The van der Waals surface area contributed by atoms with E-state index in [-0.39, 0.29) is 30.7 Å². The quantitative estimate of drug-likeness (QED) is 0.316. The van der Waals surface area contributed by atoms with Gasteiger partial charge in [0.1, 0.15) is 18.1 Å². The Morgan fingerprint density at radius 3 is 2.29 bits per heavy atom. The fourth-order valence-electron chi connectivity index (χ4n) is 4.84. The molecule has 0 radical (unpaired) electrons. The molecular formula is C32H32FN5O3. The van der Waals surface area contributed by atoms with Gasteiger partial charge in [-0.2, -0.15) is 0 Å². The highest BCUT2D eigenvalue weighted by Crippen LogP contribution is 2.20. The van der Waals surface area contributed by atoms with Crippen LogP contribution in [0.1, 0.15) is 22.3 Å². The molecule has 0 bridgehead atoms. The molecule has 4 aromatic rings. The summed E-state index contributed by atoms with van der Waals surface area (Å²) < 4.78 is 18.7. The lowest BCUT2D eigenvalue weighted by atomic mass is 10.1. The van der Waals surface area contributed by atoms with Crippen LogP contribution in [0.4, 0.5) is 10.2 Å². The number of hydrogen-bond acceptors (Lipinski definition) is 6. The van der Waals surface area contributed by atoms with Crippen molar-refractivity contribution in [3.63, 3.8) is 0 Å². The monoisotopic (exact) mass is 553 g/mol. The molecular weight excluding hydrogens is 521 g/mol. The smallest absolute Gasteiger partial charge is 0.254 e. The number of methoxy groups -OCH3 is 1. The second-order valence-corrected chi connectivity index (χ2v) is 9.88. The van der Waals surface area contributed by atoms with Crippen molar-refractivity contribution in [2.45, 2.75) is 13.0 Å². The van der Waals surface area contributed by atoms with E-state index in [0.717, 1.165) is 35.6 Å². The van der Waals surface area contributed by atoms with Gasteiger partial charge in [-0.15, -0.1) is 10.2 Å². The Hall–Kier alpha value is -4.79. The van der Waals surface area contributed by atoms with Crippen LogP contribution in [0.25, 0.3) is 11.3 Å². The molecule has 8 nitrogen and oxygen atoms in total. The molecule has 0 spiro atoms. The molecule has 1 aromatic heterocycles. The van der Waals surface area contributed by atoms with Crippen LogP contribution in [0.3, 0.4) is 0 Å². The molecule has 2 amide bonds. The highest BCUT2D eigenvalue weighted by Gasteiger charge is 2.25. The third kappa shape index (κ3) is 7.05. The van der Waals surface area contributed by atoms with Crippen LogP contribution in [-0.4, -0.2) is 71.6 Å². The molecule has 0 unspecified atom stereocenters. The summed E-state index contributed by atoms with van der Waals surface area (Å²) >= 11 is 0. The average molecular weight is 554 g/mol. The highest BCUT2D eigenvalue weighted by atomic mass is 19.1. The number of anilines is 1. The van der Waals surface area contributed by atoms with E-state index in [9.17, 15) is 14.0 Å². The summed E-state index contributed by atoms with van der Waals surface area (Å²) in [5.41, 5.74) is 3.00. The number of nitrogens with zero attached hydrogens (tertiary/aromatic N) is 5. The molecule has 0 aliphatic carbocycles. The minimum absolute atomic E-state index is 0.0895. The number of amides is 2. The van der Waals surface area contributed by atoms with Gasteiger partial charge in [0.25, 0.3) is 5.91 Å². The SMILES string of the molecule is COc1ccc(C(=O)N(CC(=O)N2CCCN(c3ccc(-c4ccccc4)nn3)CC2)Cc2ccc(F)cc2)cc1. The number of hydrogen-bond donors (Lipinski definition) is 0. The van der Waals surface area contributed by atoms with E-state index in [1.807, 2.05) is 42.5 Å². The highest BCUT2D eigenvalue weighted by molar-refractivity contribution is 5.96. The van der Waals surface area contributed by atoms with E-state index in [0.29, 0.717) is 30.9 Å². The Morgan fingerprint density at radius 1 is 0.854 bits per heavy atom. The fraction of sp³-hybridized carbons (Fsp3) is 0.250. The van der Waals surface area contributed by atoms with Gasteiger partial charge in [0.2, 0.25) is 5.91 Å². The van der Waals surface area contributed by atoms with E-state index >= 15 is 0 Å². The van der Waals surface area contributed by atoms with Crippen LogP contribution < -0.4 is 9.64 Å². The number of carbonyl (C=O) groups excluding carboxylic acids is 2. The second kappa shape index (κ2) is 13.0. The second-order valence-electron chi connectivity index (χ2n) is 9.88. The maximum Gasteiger partial charge on any atom is 0.254 e. The van der Waals surface area contributed by atoms with Gasteiger partial charge in [0.15, 0.2) is 5.82 Å². The Kier molecular flexibility index (Phi) is 8.83. The zero-order valence-corrected chi connectivity index (χ0v) is 22.9. The van der Waals surface area contributed by atoms with E-state index < -0.39 is 0 Å². The molecule has 2 heterocycles. The van der Waals surface area contributed by atoms with Crippen LogP contribution in [0, 0.1) is 5.82 Å². The third-order valence-corrected chi connectivity index (χ3v) is 7.13. The Labute approximate surface area is 239 Å². The van der Waals surface area contributed by atoms with Crippen molar-refractivity contribution in [3.05, 3.63) is 108 Å².